The number of carbonyl (C=O) groups excluding carboxylic acids is 1. The van der Waals surface area contributed by atoms with Crippen LogP contribution in [0.1, 0.15) is 27.5 Å². The van der Waals surface area contributed by atoms with E-state index in [0.717, 1.165) is 11.1 Å². The van der Waals surface area contributed by atoms with Crippen LogP contribution in [0.3, 0.4) is 0 Å². The third kappa shape index (κ3) is 5.21. The Hall–Kier alpha value is -2.71. The highest BCUT2D eigenvalue weighted by Gasteiger charge is 2.19. The number of benzene rings is 3. The average Bonchev–Trinajstić information content (AvgIpc) is 2.73. The molecular formula is C21H19ClN2O4S. The number of hydrogen-bond donors (Lipinski definition) is 2. The summed E-state index contributed by atoms with van der Waals surface area (Å²) in [6.07, 6.45) is 0. The molecule has 3 aromatic carbocycles. The highest BCUT2D eigenvalue weighted by molar-refractivity contribution is 7.89. The summed E-state index contributed by atoms with van der Waals surface area (Å²) in [5.41, 5.74) is 2.11. The first-order chi connectivity index (χ1) is 13.9. The molecule has 29 heavy (non-hydrogen) atoms. The van der Waals surface area contributed by atoms with Gasteiger partial charge in [-0.1, -0.05) is 59.0 Å². The normalized spacial score (nSPS) is 12.3. The van der Waals surface area contributed by atoms with Gasteiger partial charge in [-0.05, 0) is 47.5 Å². The van der Waals surface area contributed by atoms with Crippen molar-refractivity contribution in [2.45, 2.75) is 10.9 Å². The smallest absolute Gasteiger partial charge is 0.262 e. The van der Waals surface area contributed by atoms with E-state index in [-0.39, 0.29) is 16.8 Å². The van der Waals surface area contributed by atoms with Crippen molar-refractivity contribution in [2.24, 2.45) is 0 Å². The van der Waals surface area contributed by atoms with E-state index in [2.05, 4.69) is 10.2 Å². The molecule has 1 amide bonds. The zero-order valence-electron chi connectivity index (χ0n) is 15.5. The summed E-state index contributed by atoms with van der Waals surface area (Å²) in [5, 5.41) is 3.60. The van der Waals surface area contributed by atoms with Crippen molar-refractivity contribution < 1.29 is 18.0 Å². The van der Waals surface area contributed by atoms with Crippen molar-refractivity contribution in [1.29, 1.82) is 0 Å². The zero-order valence-corrected chi connectivity index (χ0v) is 17.1. The molecule has 0 spiro atoms. The third-order valence-corrected chi connectivity index (χ3v) is 5.76. The van der Waals surface area contributed by atoms with Gasteiger partial charge in [-0.15, -0.1) is 0 Å². The van der Waals surface area contributed by atoms with Crippen LogP contribution in [0.15, 0.2) is 83.8 Å². The summed E-state index contributed by atoms with van der Waals surface area (Å²) in [4.78, 5) is 19.2. The van der Waals surface area contributed by atoms with E-state index in [1.165, 1.54) is 31.4 Å². The number of halogens is 1. The molecule has 0 radical (unpaired) electrons. The summed E-state index contributed by atoms with van der Waals surface area (Å²) < 4.78 is 23.9. The van der Waals surface area contributed by atoms with Crippen molar-refractivity contribution in [1.82, 2.24) is 10.2 Å². The molecule has 3 rings (SSSR count). The molecule has 6 nitrogen and oxygen atoms in total. The van der Waals surface area contributed by atoms with Gasteiger partial charge in [-0.2, -0.15) is 0 Å². The third-order valence-electron chi connectivity index (χ3n) is 4.23. The van der Waals surface area contributed by atoms with Gasteiger partial charge in [-0.25, -0.2) is 8.42 Å². The molecule has 2 N–H and O–H groups in total. The van der Waals surface area contributed by atoms with Crippen LogP contribution in [0.2, 0.25) is 5.02 Å². The second-order valence-corrected chi connectivity index (χ2v) is 8.27. The Kier molecular flexibility index (Phi) is 6.66. The van der Waals surface area contributed by atoms with Crippen molar-refractivity contribution in [3.8, 4) is 0 Å². The van der Waals surface area contributed by atoms with Gasteiger partial charge < -0.3 is 5.32 Å². The zero-order chi connectivity index (χ0) is 20.9. The molecule has 0 aliphatic heterocycles. The van der Waals surface area contributed by atoms with E-state index < -0.39 is 10.0 Å². The van der Waals surface area contributed by atoms with Gasteiger partial charge in [0.1, 0.15) is 0 Å². The van der Waals surface area contributed by atoms with Crippen LogP contribution in [-0.2, 0) is 14.9 Å². The lowest BCUT2D eigenvalue weighted by atomic mass is 9.98. The topological polar surface area (TPSA) is 84.5 Å². The Bertz CT molecular complexity index is 1070. The van der Waals surface area contributed by atoms with E-state index in [0.29, 0.717) is 10.6 Å². The SMILES string of the molecule is CONS(=O)(=O)c1ccc(C(=O)NC(c2ccccc2)c2ccc(Cl)cc2)cc1. The number of amides is 1. The molecule has 0 heterocycles. The Morgan fingerprint density at radius 3 is 2.07 bits per heavy atom. The maximum atomic E-state index is 12.8. The molecule has 3 aromatic rings. The molecular weight excluding hydrogens is 412 g/mol. The van der Waals surface area contributed by atoms with Crippen molar-refractivity contribution in [3.05, 3.63) is 101 Å². The van der Waals surface area contributed by atoms with Crippen LogP contribution in [0, 0.1) is 0 Å². The fourth-order valence-electron chi connectivity index (χ4n) is 2.82. The standard InChI is InChI=1S/C21H19ClN2O4S/c1-28-24-29(26,27)19-13-9-17(10-14-19)21(25)23-20(15-5-3-2-4-6-15)16-7-11-18(22)12-8-16/h2-14,20,24H,1H3,(H,23,25). The van der Waals surface area contributed by atoms with E-state index >= 15 is 0 Å². The molecule has 0 saturated heterocycles. The average molecular weight is 431 g/mol. The number of hydrogen-bond acceptors (Lipinski definition) is 4. The molecule has 0 fully saturated rings. The maximum Gasteiger partial charge on any atom is 0.262 e. The number of nitrogens with one attached hydrogen (secondary N) is 2. The van der Waals surface area contributed by atoms with Crippen LogP contribution in [0.4, 0.5) is 0 Å². The van der Waals surface area contributed by atoms with Crippen LogP contribution in [-0.4, -0.2) is 21.4 Å². The Morgan fingerprint density at radius 2 is 1.48 bits per heavy atom. The quantitative estimate of drug-likeness (QED) is 0.560. The molecule has 1 unspecified atom stereocenters. The molecule has 0 aliphatic carbocycles. The summed E-state index contributed by atoms with van der Waals surface area (Å²) >= 11 is 5.99. The molecule has 8 heteroatoms. The van der Waals surface area contributed by atoms with Crippen LogP contribution in [0.25, 0.3) is 0 Å². The highest BCUT2D eigenvalue weighted by Crippen LogP contribution is 2.24. The first-order valence-electron chi connectivity index (χ1n) is 8.67. The lowest BCUT2D eigenvalue weighted by Gasteiger charge is -2.20. The minimum atomic E-state index is -3.78. The lowest BCUT2D eigenvalue weighted by Crippen LogP contribution is -2.29. The number of carbonyl (C=O) groups is 1. The van der Waals surface area contributed by atoms with E-state index in [1.54, 1.807) is 12.1 Å². The molecule has 0 bridgehead atoms. The predicted octanol–water partition coefficient (Wildman–Crippen LogP) is 3.70. The fourth-order valence-corrected chi connectivity index (χ4v) is 3.75. The maximum absolute atomic E-state index is 12.8. The van der Waals surface area contributed by atoms with Crippen molar-refractivity contribution >= 4 is 27.5 Å². The summed E-state index contributed by atoms with van der Waals surface area (Å²) in [7, 11) is -2.57. The van der Waals surface area contributed by atoms with Gasteiger partial charge in [0.2, 0.25) is 0 Å². The summed E-state index contributed by atoms with van der Waals surface area (Å²) in [5.74, 6) is -0.336. The van der Waals surface area contributed by atoms with Gasteiger partial charge in [0.05, 0.1) is 18.0 Å². The fraction of sp³-hybridized carbons (Fsp3) is 0.0952. The van der Waals surface area contributed by atoms with Crippen molar-refractivity contribution in [3.63, 3.8) is 0 Å². The minimum absolute atomic E-state index is 0.00629. The summed E-state index contributed by atoms with van der Waals surface area (Å²) in [6.45, 7) is 0. The van der Waals surface area contributed by atoms with Crippen LogP contribution in [0.5, 0.6) is 0 Å². The van der Waals surface area contributed by atoms with Gasteiger partial charge in [0.25, 0.3) is 15.9 Å². The van der Waals surface area contributed by atoms with E-state index in [4.69, 9.17) is 11.6 Å². The Labute approximate surface area is 174 Å². The molecule has 0 saturated carbocycles. The molecule has 0 aliphatic rings. The van der Waals surface area contributed by atoms with Gasteiger partial charge in [0, 0.05) is 10.6 Å². The molecule has 150 valence electrons. The van der Waals surface area contributed by atoms with Crippen LogP contribution >= 0.6 is 11.6 Å². The number of rotatable bonds is 7. The predicted molar refractivity (Wildman–Crippen MR) is 111 cm³/mol. The molecule has 1 atom stereocenters. The highest BCUT2D eigenvalue weighted by atomic mass is 35.5. The molecule has 0 aromatic heterocycles. The first kappa shape index (κ1) is 21.0. The Balaban J connectivity index is 1.86. The first-order valence-corrected chi connectivity index (χ1v) is 10.5. The van der Waals surface area contributed by atoms with Crippen molar-refractivity contribution in [2.75, 3.05) is 7.11 Å². The lowest BCUT2D eigenvalue weighted by molar-refractivity contribution is 0.0943. The summed E-state index contributed by atoms with van der Waals surface area (Å²) in [6, 6.07) is 22.0. The Morgan fingerprint density at radius 1 is 0.897 bits per heavy atom. The van der Waals surface area contributed by atoms with Gasteiger partial charge in [0.15, 0.2) is 0 Å². The van der Waals surface area contributed by atoms with E-state index in [1.807, 2.05) is 47.3 Å². The number of sulfonamides is 1. The minimum Gasteiger partial charge on any atom is -0.341 e. The van der Waals surface area contributed by atoms with E-state index in [9.17, 15) is 13.2 Å². The van der Waals surface area contributed by atoms with Gasteiger partial charge in [-0.3, -0.25) is 9.63 Å². The monoisotopic (exact) mass is 430 g/mol. The second kappa shape index (κ2) is 9.19. The van der Waals surface area contributed by atoms with Crippen LogP contribution < -0.4 is 10.2 Å². The second-order valence-electron chi connectivity index (χ2n) is 6.18. The van der Waals surface area contributed by atoms with Gasteiger partial charge >= 0.3 is 0 Å². The largest absolute Gasteiger partial charge is 0.341 e.